The smallest absolute Gasteiger partial charge is 0.164 e. The first-order valence-corrected chi connectivity index (χ1v) is 17.1. The maximum Gasteiger partial charge on any atom is 0.164 e. The zero-order chi connectivity index (χ0) is 33.7. The Morgan fingerprint density at radius 2 is 0.882 bits per heavy atom. The lowest BCUT2D eigenvalue weighted by Crippen LogP contribution is -2.01. The van der Waals surface area contributed by atoms with Gasteiger partial charge in [-0.05, 0) is 24.3 Å². The van der Waals surface area contributed by atoms with Crippen molar-refractivity contribution < 1.29 is 0 Å². The van der Waals surface area contributed by atoms with E-state index in [9.17, 15) is 0 Å². The average Bonchev–Trinajstić information content (AvgIpc) is 3.56. The number of benzene rings is 7. The predicted molar refractivity (Wildman–Crippen MR) is 209 cm³/mol. The Labute approximate surface area is 294 Å². The first kappa shape index (κ1) is 29.0. The van der Waals surface area contributed by atoms with E-state index in [4.69, 9.17) is 19.9 Å². The van der Waals surface area contributed by atoms with Crippen LogP contribution in [0.5, 0.6) is 0 Å². The number of rotatable bonds is 5. The Kier molecular flexibility index (Phi) is 6.74. The number of hydrogen-bond acceptors (Lipinski definition) is 4. The molecule has 0 aliphatic carbocycles. The van der Waals surface area contributed by atoms with Crippen molar-refractivity contribution in [1.82, 2.24) is 24.5 Å². The second-order valence-corrected chi connectivity index (χ2v) is 12.7. The topological polar surface area (TPSA) is 56.5 Å². The molecule has 0 atom stereocenters. The molecule has 51 heavy (non-hydrogen) atoms. The highest BCUT2D eigenvalue weighted by Crippen LogP contribution is 2.42. The molecule has 10 rings (SSSR count). The van der Waals surface area contributed by atoms with Gasteiger partial charge in [-0.2, -0.15) is 0 Å². The van der Waals surface area contributed by atoms with Crippen LogP contribution in [-0.2, 0) is 0 Å². The van der Waals surface area contributed by atoms with E-state index in [0.717, 1.165) is 61.0 Å². The van der Waals surface area contributed by atoms with Crippen LogP contribution in [0.3, 0.4) is 0 Å². The molecule has 0 aliphatic rings. The third kappa shape index (κ3) is 4.86. The summed E-state index contributed by atoms with van der Waals surface area (Å²) in [7, 11) is 0. The minimum atomic E-state index is 0.621. The highest BCUT2D eigenvalue weighted by atomic mass is 15.0. The fraction of sp³-hybridized carbons (Fsp3) is 0. The second kappa shape index (κ2) is 11.9. The third-order valence-corrected chi connectivity index (χ3v) is 9.61. The van der Waals surface area contributed by atoms with Gasteiger partial charge in [-0.1, -0.05) is 152 Å². The van der Waals surface area contributed by atoms with Crippen LogP contribution in [0.1, 0.15) is 0 Å². The van der Waals surface area contributed by atoms with E-state index in [-0.39, 0.29) is 0 Å². The van der Waals surface area contributed by atoms with E-state index in [2.05, 4.69) is 114 Å². The van der Waals surface area contributed by atoms with Gasteiger partial charge < -0.3 is 4.57 Å². The van der Waals surface area contributed by atoms with Crippen LogP contribution in [0.4, 0.5) is 0 Å². The van der Waals surface area contributed by atoms with Gasteiger partial charge in [0.1, 0.15) is 0 Å². The minimum Gasteiger partial charge on any atom is -0.309 e. The van der Waals surface area contributed by atoms with Crippen LogP contribution >= 0.6 is 0 Å². The summed E-state index contributed by atoms with van der Waals surface area (Å²) in [4.78, 5) is 20.2. The monoisotopic (exact) mass is 651 g/mol. The SMILES string of the molecule is c1ccc(-c2nc(-c3ccccc3)nc(-c3cccc(-n4c5ccccc5c5ccc6c(-c7ccccc7)nc7ccccc7c6c54)c3)n2)cc1. The molecular weight excluding hydrogens is 623 g/mol. The van der Waals surface area contributed by atoms with Gasteiger partial charge in [-0.25, -0.2) is 19.9 Å². The Hall–Kier alpha value is -6.98. The Morgan fingerprint density at radius 1 is 0.353 bits per heavy atom. The molecule has 0 amide bonds. The quantitative estimate of drug-likeness (QED) is 0.174. The van der Waals surface area contributed by atoms with Gasteiger partial charge >= 0.3 is 0 Å². The average molecular weight is 652 g/mol. The number of fused-ring (bicyclic) bond motifs is 7. The molecular formula is C46H29N5. The van der Waals surface area contributed by atoms with Gasteiger partial charge in [0.05, 0.1) is 22.2 Å². The molecule has 3 heterocycles. The van der Waals surface area contributed by atoms with E-state index in [1.807, 2.05) is 66.7 Å². The number of nitrogens with zero attached hydrogens (tertiary/aromatic N) is 5. The molecule has 0 unspecified atom stereocenters. The second-order valence-electron chi connectivity index (χ2n) is 12.7. The lowest BCUT2D eigenvalue weighted by atomic mass is 9.97. The Balaban J connectivity index is 1.26. The van der Waals surface area contributed by atoms with Crippen LogP contribution in [0, 0.1) is 0 Å². The van der Waals surface area contributed by atoms with Gasteiger partial charge in [0.15, 0.2) is 17.5 Å². The number of hydrogen-bond donors (Lipinski definition) is 0. The van der Waals surface area contributed by atoms with E-state index >= 15 is 0 Å². The fourth-order valence-electron chi connectivity index (χ4n) is 7.30. The first-order valence-electron chi connectivity index (χ1n) is 17.1. The van der Waals surface area contributed by atoms with Gasteiger partial charge in [0, 0.05) is 54.9 Å². The highest BCUT2D eigenvalue weighted by Gasteiger charge is 2.20. The molecule has 3 aromatic heterocycles. The van der Waals surface area contributed by atoms with E-state index in [1.54, 1.807) is 0 Å². The minimum absolute atomic E-state index is 0.621. The van der Waals surface area contributed by atoms with Gasteiger partial charge in [-0.15, -0.1) is 0 Å². The molecule has 0 saturated carbocycles. The Morgan fingerprint density at radius 3 is 1.57 bits per heavy atom. The third-order valence-electron chi connectivity index (χ3n) is 9.61. The maximum absolute atomic E-state index is 5.23. The molecule has 0 radical (unpaired) electrons. The van der Waals surface area contributed by atoms with Crippen LogP contribution in [0.2, 0.25) is 0 Å². The van der Waals surface area contributed by atoms with Crippen molar-refractivity contribution in [2.75, 3.05) is 0 Å². The van der Waals surface area contributed by atoms with Gasteiger partial charge in [0.25, 0.3) is 0 Å². The van der Waals surface area contributed by atoms with Crippen molar-refractivity contribution in [3.8, 4) is 51.1 Å². The van der Waals surface area contributed by atoms with Crippen molar-refractivity contribution >= 4 is 43.5 Å². The van der Waals surface area contributed by atoms with Crippen LogP contribution in [0.25, 0.3) is 94.6 Å². The van der Waals surface area contributed by atoms with Gasteiger partial charge in [-0.3, -0.25) is 0 Å². The molecule has 0 saturated heterocycles. The standard InChI is InChI=1S/C46H29N5/c1-4-15-30(16-5-1)42-38-28-27-36-35-23-11-13-26-40(35)51(43(36)41(38)37-24-10-12-25-39(37)47-42)34-22-14-21-33(29-34)46-49-44(31-17-6-2-7-18-31)48-45(50-46)32-19-8-3-9-20-32/h1-29H. The predicted octanol–water partition coefficient (Wildman–Crippen LogP) is 11.3. The molecule has 0 aliphatic heterocycles. The van der Waals surface area contributed by atoms with Crippen molar-refractivity contribution in [2.45, 2.75) is 0 Å². The van der Waals surface area contributed by atoms with Crippen molar-refractivity contribution in [1.29, 1.82) is 0 Å². The van der Waals surface area contributed by atoms with E-state index < -0.39 is 0 Å². The van der Waals surface area contributed by atoms with Crippen molar-refractivity contribution in [2.24, 2.45) is 0 Å². The molecule has 10 aromatic rings. The summed E-state index contributed by atoms with van der Waals surface area (Å²) < 4.78 is 2.40. The molecule has 0 bridgehead atoms. The lowest BCUT2D eigenvalue weighted by molar-refractivity contribution is 1.07. The first-order chi connectivity index (χ1) is 25.3. The van der Waals surface area contributed by atoms with E-state index in [1.165, 1.54) is 16.2 Å². The van der Waals surface area contributed by atoms with Crippen LogP contribution in [0.15, 0.2) is 176 Å². The zero-order valence-electron chi connectivity index (χ0n) is 27.5. The molecule has 238 valence electrons. The molecule has 5 nitrogen and oxygen atoms in total. The molecule has 7 aromatic carbocycles. The molecule has 0 N–H and O–H groups in total. The van der Waals surface area contributed by atoms with Crippen molar-refractivity contribution in [3.63, 3.8) is 0 Å². The zero-order valence-corrected chi connectivity index (χ0v) is 27.5. The molecule has 0 spiro atoms. The number of aromatic nitrogens is 5. The van der Waals surface area contributed by atoms with Crippen LogP contribution in [-0.4, -0.2) is 24.5 Å². The summed E-state index contributed by atoms with van der Waals surface area (Å²) in [5.74, 6) is 1.90. The molecule has 5 heteroatoms. The highest BCUT2D eigenvalue weighted by molar-refractivity contribution is 6.26. The summed E-state index contributed by atoms with van der Waals surface area (Å²) >= 11 is 0. The normalized spacial score (nSPS) is 11.5. The maximum atomic E-state index is 5.23. The number of para-hydroxylation sites is 2. The largest absolute Gasteiger partial charge is 0.309 e. The number of pyridine rings is 1. The summed E-state index contributed by atoms with van der Waals surface area (Å²) in [6, 6.07) is 60.9. The Bertz CT molecular complexity index is 2840. The summed E-state index contributed by atoms with van der Waals surface area (Å²) in [5.41, 5.74) is 9.13. The fourth-order valence-corrected chi connectivity index (χ4v) is 7.30. The van der Waals surface area contributed by atoms with Crippen LogP contribution < -0.4 is 0 Å². The lowest BCUT2D eigenvalue weighted by Gasteiger charge is -2.15. The molecule has 0 fully saturated rings. The van der Waals surface area contributed by atoms with Gasteiger partial charge in [0.2, 0.25) is 0 Å². The summed E-state index contributed by atoms with van der Waals surface area (Å²) in [5, 5.41) is 5.80. The summed E-state index contributed by atoms with van der Waals surface area (Å²) in [6.07, 6.45) is 0. The van der Waals surface area contributed by atoms with E-state index in [0.29, 0.717) is 17.5 Å². The summed E-state index contributed by atoms with van der Waals surface area (Å²) in [6.45, 7) is 0. The van der Waals surface area contributed by atoms with Crippen molar-refractivity contribution in [3.05, 3.63) is 176 Å².